The van der Waals surface area contributed by atoms with E-state index in [9.17, 15) is 33.6 Å². The molecular formula is C52H73N9O9. The van der Waals surface area contributed by atoms with Crippen molar-refractivity contribution in [1.82, 2.24) is 41.7 Å². The van der Waals surface area contributed by atoms with Crippen LogP contribution in [0.2, 0.25) is 0 Å². The zero-order chi connectivity index (χ0) is 51.8. The molecule has 18 nitrogen and oxygen atoms in total. The normalized spacial score (nSPS) is 19.8. The molecule has 0 aliphatic carbocycles. The molecule has 7 amide bonds. The second-order valence-electron chi connectivity index (χ2n) is 20.8. The molecule has 2 saturated heterocycles. The molecule has 0 spiro atoms. The van der Waals surface area contributed by atoms with Gasteiger partial charge in [0.2, 0.25) is 29.5 Å². The van der Waals surface area contributed by atoms with E-state index in [1.807, 2.05) is 79.7 Å². The van der Waals surface area contributed by atoms with E-state index >= 15 is 0 Å². The van der Waals surface area contributed by atoms with Gasteiger partial charge in [-0.2, -0.15) is 0 Å². The van der Waals surface area contributed by atoms with E-state index in [1.165, 1.54) is 28.0 Å². The standard InChI is InChI=1S/C52H73N9O9/c1-29(32-13-17-39(69-11)18-14-32)55-48(66)41-24-37(27-60(41)43(62)26-51(4,5)6)57-46(64)34-21-35(23-36(53)22-34)47(65)58-38-25-42(49(67)56-30(2)33-15-19-40(70-12)20-16-33)61(28-38)50(68)44(52(7,8)9)59-45(63)31(3)54-10/h13-23,29-31,37-38,41-42,44,54H,24-28,53H2,1-12H3,(H,55,66)(H,56,67)(H,57,64)(H,58,65)(H,59,63)/t29-,30-,31+,37+,38+,41+,42+,44-/m1/s1. The molecule has 2 aliphatic rings. The van der Waals surface area contributed by atoms with Gasteiger partial charge in [-0.1, -0.05) is 65.8 Å². The van der Waals surface area contributed by atoms with Gasteiger partial charge >= 0.3 is 0 Å². The highest BCUT2D eigenvalue weighted by Crippen LogP contribution is 2.30. The summed E-state index contributed by atoms with van der Waals surface area (Å²) >= 11 is 0. The molecule has 2 heterocycles. The number of carbonyl (C=O) groups excluding carboxylic acids is 7. The van der Waals surface area contributed by atoms with Crippen molar-refractivity contribution in [3.63, 3.8) is 0 Å². The van der Waals surface area contributed by atoms with Crippen LogP contribution in [0, 0.1) is 10.8 Å². The highest BCUT2D eigenvalue weighted by atomic mass is 16.5. The Morgan fingerprint density at radius 3 is 1.49 bits per heavy atom. The lowest BCUT2D eigenvalue weighted by molar-refractivity contribution is -0.144. The van der Waals surface area contributed by atoms with Crippen molar-refractivity contribution in [3.05, 3.63) is 89.0 Å². The third-order valence-corrected chi connectivity index (χ3v) is 12.8. The topological polar surface area (TPSA) is 243 Å². The number of carbonyl (C=O) groups is 7. The van der Waals surface area contributed by atoms with Crippen LogP contribution >= 0.6 is 0 Å². The summed E-state index contributed by atoms with van der Waals surface area (Å²) in [6.45, 7) is 16.6. The molecule has 3 aromatic rings. The maximum absolute atomic E-state index is 14.6. The predicted octanol–water partition coefficient (Wildman–Crippen LogP) is 4.01. The Labute approximate surface area is 411 Å². The summed E-state index contributed by atoms with van der Waals surface area (Å²) in [7, 11) is 4.77. The van der Waals surface area contributed by atoms with Crippen molar-refractivity contribution in [1.29, 1.82) is 0 Å². The number of nitrogens with two attached hydrogens (primary N) is 1. The van der Waals surface area contributed by atoms with Crippen LogP contribution in [-0.2, 0) is 24.0 Å². The van der Waals surface area contributed by atoms with Crippen molar-refractivity contribution < 1.29 is 43.0 Å². The lowest BCUT2D eigenvalue weighted by Crippen LogP contribution is -2.59. The van der Waals surface area contributed by atoms with Crippen LogP contribution in [0.25, 0.3) is 0 Å². The smallest absolute Gasteiger partial charge is 0.251 e. The summed E-state index contributed by atoms with van der Waals surface area (Å²) in [5.41, 5.74) is 7.09. The molecule has 5 rings (SSSR count). The Morgan fingerprint density at radius 2 is 1.09 bits per heavy atom. The average Bonchev–Trinajstić information content (AvgIpc) is 3.94. The second kappa shape index (κ2) is 22.8. The first-order chi connectivity index (χ1) is 32.8. The minimum absolute atomic E-state index is 0.0474. The molecule has 0 saturated carbocycles. The summed E-state index contributed by atoms with van der Waals surface area (Å²) in [6.07, 6.45) is 0.382. The van der Waals surface area contributed by atoms with Crippen molar-refractivity contribution in [2.24, 2.45) is 10.8 Å². The van der Waals surface area contributed by atoms with Gasteiger partial charge in [0.05, 0.1) is 32.3 Å². The van der Waals surface area contributed by atoms with Crippen LogP contribution in [0.5, 0.6) is 11.5 Å². The highest BCUT2D eigenvalue weighted by molar-refractivity contribution is 6.02. The van der Waals surface area contributed by atoms with Gasteiger partial charge < -0.3 is 56.9 Å². The largest absolute Gasteiger partial charge is 0.497 e. The van der Waals surface area contributed by atoms with Gasteiger partial charge in [-0.05, 0) is 105 Å². The van der Waals surface area contributed by atoms with E-state index in [0.29, 0.717) is 11.5 Å². The molecule has 380 valence electrons. The first-order valence-corrected chi connectivity index (χ1v) is 23.8. The summed E-state index contributed by atoms with van der Waals surface area (Å²) < 4.78 is 10.5. The molecule has 0 unspecified atom stereocenters. The van der Waals surface area contributed by atoms with Gasteiger partial charge in [-0.15, -0.1) is 0 Å². The van der Waals surface area contributed by atoms with E-state index in [1.54, 1.807) is 52.5 Å². The van der Waals surface area contributed by atoms with Crippen LogP contribution in [0.3, 0.4) is 0 Å². The number of likely N-dealkylation sites (tertiary alicyclic amines) is 2. The number of hydrogen-bond acceptors (Lipinski definition) is 11. The Morgan fingerprint density at radius 1 is 0.657 bits per heavy atom. The molecule has 0 aromatic heterocycles. The number of hydrogen-bond donors (Lipinski definition) is 7. The third kappa shape index (κ3) is 14.0. The van der Waals surface area contributed by atoms with Gasteiger partial charge in [0.25, 0.3) is 11.8 Å². The molecule has 3 aromatic carbocycles. The van der Waals surface area contributed by atoms with Crippen molar-refractivity contribution >= 4 is 47.0 Å². The average molecular weight is 968 g/mol. The van der Waals surface area contributed by atoms with Crippen LogP contribution in [0.15, 0.2) is 66.7 Å². The molecular weight excluding hydrogens is 895 g/mol. The second-order valence-corrected chi connectivity index (χ2v) is 20.8. The molecule has 0 radical (unpaired) electrons. The summed E-state index contributed by atoms with van der Waals surface area (Å²) in [5.74, 6) is -1.73. The predicted molar refractivity (Wildman–Crippen MR) is 267 cm³/mol. The maximum atomic E-state index is 14.6. The number of nitrogen functional groups attached to an aromatic ring is 1. The fraction of sp³-hybridized carbons (Fsp3) is 0.519. The van der Waals surface area contributed by atoms with E-state index in [2.05, 4.69) is 31.9 Å². The first kappa shape index (κ1) is 54.3. The molecule has 8 N–H and O–H groups in total. The van der Waals surface area contributed by atoms with Crippen molar-refractivity contribution in [3.8, 4) is 11.5 Å². The summed E-state index contributed by atoms with van der Waals surface area (Å²) in [5, 5.41) is 17.7. The molecule has 70 heavy (non-hydrogen) atoms. The summed E-state index contributed by atoms with van der Waals surface area (Å²) in [6, 6.07) is 13.1. The zero-order valence-electron chi connectivity index (χ0n) is 42.7. The van der Waals surface area contributed by atoms with Crippen molar-refractivity contribution in [2.75, 3.05) is 40.1 Å². The van der Waals surface area contributed by atoms with Crippen LogP contribution in [0.4, 0.5) is 5.69 Å². The number of anilines is 1. The minimum Gasteiger partial charge on any atom is -0.497 e. The lowest BCUT2D eigenvalue weighted by atomic mass is 9.85. The maximum Gasteiger partial charge on any atom is 0.251 e. The van der Waals surface area contributed by atoms with Crippen molar-refractivity contribution in [2.45, 2.75) is 130 Å². The number of nitrogens with zero attached hydrogens (tertiary/aromatic N) is 2. The van der Waals surface area contributed by atoms with Crippen LogP contribution < -0.4 is 47.1 Å². The molecule has 0 bridgehead atoms. The Kier molecular flexibility index (Phi) is 17.7. The highest BCUT2D eigenvalue weighted by Gasteiger charge is 2.46. The van der Waals surface area contributed by atoms with Gasteiger partial charge in [0.15, 0.2) is 0 Å². The third-order valence-electron chi connectivity index (χ3n) is 12.8. The lowest BCUT2D eigenvalue weighted by Gasteiger charge is -2.36. The number of amides is 7. The zero-order valence-corrected chi connectivity index (χ0v) is 42.7. The van der Waals surface area contributed by atoms with E-state index in [0.717, 1.165) is 11.1 Å². The summed E-state index contributed by atoms with van der Waals surface area (Å²) in [4.78, 5) is 100. The molecule has 2 aliphatic heterocycles. The van der Waals surface area contributed by atoms with Gasteiger partial charge in [-0.25, -0.2) is 0 Å². The van der Waals surface area contributed by atoms with E-state index in [4.69, 9.17) is 15.2 Å². The number of methoxy groups -OCH3 is 2. The number of likely N-dealkylation sites (N-methyl/N-ethyl adjacent to an activating group) is 1. The van der Waals surface area contributed by atoms with E-state index in [-0.39, 0.29) is 72.4 Å². The Bertz CT molecular complexity index is 2380. The quantitative estimate of drug-likeness (QED) is 0.0954. The Balaban J connectivity index is 1.33. The minimum atomic E-state index is -1.03. The monoisotopic (exact) mass is 968 g/mol. The SMILES string of the molecule is CN[C@@H](C)C(=O)N[C@H](C(=O)N1C[C@@H](NC(=O)c2cc(N)cc(C(=O)N[C@H]3C[C@@H](C(=O)N[C@H](C)c4ccc(OC)cc4)N(C(=O)CC(C)(C)C)C3)c2)C[C@H]1C(=O)N[C@H](C)c1ccc(OC)cc1)C(C)(C)C. The molecule has 18 heteroatoms. The van der Waals surface area contributed by atoms with Gasteiger partial charge in [0, 0.05) is 48.4 Å². The fourth-order valence-corrected chi connectivity index (χ4v) is 8.69. The van der Waals surface area contributed by atoms with Gasteiger partial charge in [0.1, 0.15) is 29.6 Å². The number of rotatable bonds is 17. The van der Waals surface area contributed by atoms with E-state index < -0.39 is 77.2 Å². The van der Waals surface area contributed by atoms with Crippen LogP contribution in [-0.4, -0.2) is 122 Å². The first-order valence-electron chi connectivity index (χ1n) is 23.8. The number of nitrogens with one attached hydrogen (secondary N) is 6. The number of ether oxygens (including phenoxy) is 2. The number of benzene rings is 3. The van der Waals surface area contributed by atoms with Crippen LogP contribution in [0.1, 0.15) is 126 Å². The molecule has 2 fully saturated rings. The molecule has 8 atom stereocenters. The Hall–Kier alpha value is -6.69. The fourth-order valence-electron chi connectivity index (χ4n) is 8.69. The van der Waals surface area contributed by atoms with Gasteiger partial charge in [-0.3, -0.25) is 33.6 Å².